The first kappa shape index (κ1) is 20.2. The first-order valence-corrected chi connectivity index (χ1v) is 10.4. The molecule has 6 heteroatoms. The Hall–Kier alpha value is -3.12. The van der Waals surface area contributed by atoms with Crippen molar-refractivity contribution in [2.24, 2.45) is 0 Å². The summed E-state index contributed by atoms with van der Waals surface area (Å²) in [6.45, 7) is 5.64. The molecule has 0 radical (unpaired) electrons. The molecule has 0 bridgehead atoms. The number of carbonyl (C=O) groups excluding carboxylic acids is 1. The van der Waals surface area contributed by atoms with Crippen LogP contribution in [0, 0.1) is 6.92 Å². The van der Waals surface area contributed by atoms with Crippen LogP contribution in [0.4, 0.5) is 4.79 Å². The van der Waals surface area contributed by atoms with E-state index in [1.807, 2.05) is 38.2 Å². The van der Waals surface area contributed by atoms with E-state index in [4.69, 9.17) is 9.57 Å². The fourth-order valence-electron chi connectivity index (χ4n) is 3.80. The third-order valence-corrected chi connectivity index (χ3v) is 5.49. The van der Waals surface area contributed by atoms with E-state index in [1.165, 1.54) is 16.3 Å². The lowest BCUT2D eigenvalue weighted by Crippen LogP contribution is -2.46. The molecule has 2 amide bonds. The number of likely N-dealkylation sites (tertiary alicyclic amines) is 1. The van der Waals surface area contributed by atoms with Gasteiger partial charge in [-0.2, -0.15) is 0 Å². The second-order valence-corrected chi connectivity index (χ2v) is 7.50. The maximum absolute atomic E-state index is 11.9. The Bertz CT molecular complexity index is 1010. The molecule has 1 aliphatic heterocycles. The number of pyridine rings is 1. The lowest BCUT2D eigenvalue weighted by molar-refractivity contribution is 0.0446. The highest BCUT2D eigenvalue weighted by Gasteiger charge is 2.24. The van der Waals surface area contributed by atoms with Gasteiger partial charge < -0.3 is 9.64 Å². The average Bonchev–Trinajstić information content (AvgIpc) is 2.78. The van der Waals surface area contributed by atoms with E-state index in [9.17, 15) is 4.79 Å². The smallest absolute Gasteiger partial charge is 0.341 e. The second-order valence-electron chi connectivity index (χ2n) is 7.50. The topological polar surface area (TPSA) is 63.7 Å². The largest absolute Gasteiger partial charge is 0.490 e. The standard InChI is InChI=1S/C24H27N3O3/c1-3-29-26-24(28)27-14-11-22(12-15-27)30-21-7-4-18(5-8-21)19-6-9-23-17(2)25-13-10-20(23)16-19/h4-10,13,16,22H,3,11-12,14-15H2,1-2H3,(H,26,28). The summed E-state index contributed by atoms with van der Waals surface area (Å²) in [5.74, 6) is 0.858. The number of hydrogen-bond acceptors (Lipinski definition) is 4. The molecule has 1 saturated heterocycles. The molecule has 0 saturated carbocycles. The molecule has 2 heterocycles. The molecule has 0 atom stereocenters. The SMILES string of the molecule is CCONC(=O)N1CCC(Oc2ccc(-c3ccc4c(C)nccc4c3)cc2)CC1. The predicted molar refractivity (Wildman–Crippen MR) is 117 cm³/mol. The highest BCUT2D eigenvalue weighted by atomic mass is 16.7. The van der Waals surface area contributed by atoms with Crippen LogP contribution in [0.15, 0.2) is 54.7 Å². The first-order valence-electron chi connectivity index (χ1n) is 10.4. The minimum atomic E-state index is -0.180. The van der Waals surface area contributed by atoms with Gasteiger partial charge in [-0.1, -0.05) is 24.3 Å². The summed E-state index contributed by atoms with van der Waals surface area (Å²) in [5.41, 5.74) is 5.82. The summed E-state index contributed by atoms with van der Waals surface area (Å²) < 4.78 is 6.14. The number of rotatable bonds is 5. The molecular formula is C24H27N3O3. The monoisotopic (exact) mass is 405 g/mol. The molecule has 3 aromatic rings. The van der Waals surface area contributed by atoms with Crippen LogP contribution < -0.4 is 10.2 Å². The molecule has 1 aliphatic rings. The van der Waals surface area contributed by atoms with Gasteiger partial charge in [-0.25, -0.2) is 10.3 Å². The van der Waals surface area contributed by atoms with Crippen LogP contribution in [-0.4, -0.2) is 41.7 Å². The van der Waals surface area contributed by atoms with Crippen molar-refractivity contribution in [2.75, 3.05) is 19.7 Å². The Labute approximate surface area is 176 Å². The number of hydrogen-bond donors (Lipinski definition) is 1. The number of nitrogens with zero attached hydrogens (tertiary/aromatic N) is 2. The highest BCUT2D eigenvalue weighted by Crippen LogP contribution is 2.28. The summed E-state index contributed by atoms with van der Waals surface area (Å²) >= 11 is 0. The molecule has 30 heavy (non-hydrogen) atoms. The summed E-state index contributed by atoms with van der Waals surface area (Å²) in [6.07, 6.45) is 3.58. The molecule has 2 aromatic carbocycles. The minimum absolute atomic E-state index is 0.114. The average molecular weight is 405 g/mol. The van der Waals surface area contributed by atoms with E-state index in [0.717, 1.165) is 29.8 Å². The first-order chi connectivity index (χ1) is 14.6. The maximum atomic E-state index is 11.9. The van der Waals surface area contributed by atoms with Crippen molar-refractivity contribution < 1.29 is 14.4 Å². The van der Waals surface area contributed by atoms with Crippen LogP contribution in [0.2, 0.25) is 0 Å². The normalized spacial score (nSPS) is 14.7. The number of carbonyl (C=O) groups is 1. The maximum Gasteiger partial charge on any atom is 0.341 e. The van der Waals surface area contributed by atoms with Crippen LogP contribution in [0.25, 0.3) is 21.9 Å². The van der Waals surface area contributed by atoms with Crippen LogP contribution in [0.3, 0.4) is 0 Å². The van der Waals surface area contributed by atoms with Gasteiger partial charge in [-0.15, -0.1) is 0 Å². The molecule has 0 spiro atoms. The van der Waals surface area contributed by atoms with Crippen molar-refractivity contribution in [3.8, 4) is 16.9 Å². The van der Waals surface area contributed by atoms with Gasteiger partial charge in [-0.05, 0) is 54.6 Å². The zero-order valence-electron chi connectivity index (χ0n) is 17.4. The number of aryl methyl sites for hydroxylation is 1. The number of fused-ring (bicyclic) bond motifs is 1. The Morgan fingerprint density at radius 3 is 2.57 bits per heavy atom. The molecule has 6 nitrogen and oxygen atoms in total. The van der Waals surface area contributed by atoms with Crippen LogP contribution in [0.1, 0.15) is 25.5 Å². The van der Waals surface area contributed by atoms with Gasteiger partial charge in [0.25, 0.3) is 0 Å². The van der Waals surface area contributed by atoms with Crippen LogP contribution in [0.5, 0.6) is 5.75 Å². The molecule has 0 aliphatic carbocycles. The number of piperidine rings is 1. The van der Waals surface area contributed by atoms with Gasteiger partial charge in [0.05, 0.1) is 6.61 Å². The third-order valence-electron chi connectivity index (χ3n) is 5.49. The molecule has 1 N–H and O–H groups in total. The molecule has 4 rings (SSSR count). The third kappa shape index (κ3) is 4.54. The molecule has 1 aromatic heterocycles. The molecular weight excluding hydrogens is 378 g/mol. The Kier molecular flexibility index (Phi) is 6.14. The predicted octanol–water partition coefficient (Wildman–Crippen LogP) is 4.71. The van der Waals surface area contributed by atoms with Crippen molar-refractivity contribution in [2.45, 2.75) is 32.8 Å². The number of amides is 2. The van der Waals surface area contributed by atoms with Crippen molar-refractivity contribution >= 4 is 16.8 Å². The van der Waals surface area contributed by atoms with Crippen molar-refractivity contribution in [1.29, 1.82) is 0 Å². The van der Waals surface area contributed by atoms with E-state index in [0.29, 0.717) is 19.7 Å². The van der Waals surface area contributed by atoms with E-state index >= 15 is 0 Å². The number of ether oxygens (including phenoxy) is 1. The second kappa shape index (κ2) is 9.13. The van der Waals surface area contributed by atoms with Gasteiger partial charge >= 0.3 is 6.03 Å². The van der Waals surface area contributed by atoms with Gasteiger partial charge in [0, 0.05) is 43.2 Å². The van der Waals surface area contributed by atoms with Crippen LogP contribution in [-0.2, 0) is 4.84 Å². The molecule has 156 valence electrons. The lowest BCUT2D eigenvalue weighted by Gasteiger charge is -2.32. The fraction of sp³-hybridized carbons (Fsp3) is 0.333. The number of urea groups is 1. The van der Waals surface area contributed by atoms with Crippen molar-refractivity contribution in [3.63, 3.8) is 0 Å². The lowest BCUT2D eigenvalue weighted by atomic mass is 10.0. The molecule has 1 fully saturated rings. The number of hydroxylamine groups is 1. The van der Waals surface area contributed by atoms with Gasteiger partial charge in [0.2, 0.25) is 0 Å². The van der Waals surface area contributed by atoms with Gasteiger partial charge in [0.15, 0.2) is 0 Å². The van der Waals surface area contributed by atoms with E-state index in [1.54, 1.807) is 4.90 Å². The van der Waals surface area contributed by atoms with Gasteiger partial charge in [0.1, 0.15) is 11.9 Å². The number of nitrogens with one attached hydrogen (secondary N) is 1. The minimum Gasteiger partial charge on any atom is -0.490 e. The summed E-state index contributed by atoms with van der Waals surface area (Å²) in [6, 6.07) is 16.6. The summed E-state index contributed by atoms with van der Waals surface area (Å²) in [7, 11) is 0. The zero-order chi connectivity index (χ0) is 20.9. The Balaban J connectivity index is 1.36. The number of aromatic nitrogens is 1. The van der Waals surface area contributed by atoms with E-state index < -0.39 is 0 Å². The van der Waals surface area contributed by atoms with Crippen molar-refractivity contribution in [3.05, 3.63) is 60.4 Å². The zero-order valence-corrected chi connectivity index (χ0v) is 17.4. The van der Waals surface area contributed by atoms with Crippen LogP contribution >= 0.6 is 0 Å². The fourth-order valence-corrected chi connectivity index (χ4v) is 3.80. The molecule has 0 unspecified atom stereocenters. The quantitative estimate of drug-likeness (QED) is 0.624. The highest BCUT2D eigenvalue weighted by molar-refractivity contribution is 5.88. The summed E-state index contributed by atoms with van der Waals surface area (Å²) in [4.78, 5) is 23.0. The number of benzene rings is 2. The van der Waals surface area contributed by atoms with E-state index in [2.05, 4.69) is 40.8 Å². The van der Waals surface area contributed by atoms with Crippen molar-refractivity contribution in [1.82, 2.24) is 15.4 Å². The Morgan fingerprint density at radius 2 is 1.83 bits per heavy atom. The Morgan fingerprint density at radius 1 is 1.10 bits per heavy atom. The van der Waals surface area contributed by atoms with E-state index in [-0.39, 0.29) is 12.1 Å². The van der Waals surface area contributed by atoms with Gasteiger partial charge in [-0.3, -0.25) is 9.82 Å². The summed E-state index contributed by atoms with van der Waals surface area (Å²) in [5, 5.41) is 2.38.